The number of amides is 1. The zero-order valence-electron chi connectivity index (χ0n) is 9.14. The van der Waals surface area contributed by atoms with Crippen LogP contribution >= 0.6 is 11.3 Å². The molecule has 0 unspecified atom stereocenters. The molecule has 1 heterocycles. The van der Waals surface area contributed by atoms with E-state index in [2.05, 4.69) is 4.98 Å². The highest BCUT2D eigenvalue weighted by atomic mass is 32.1. The molecule has 0 aliphatic heterocycles. The Morgan fingerprint density at radius 1 is 1.50 bits per heavy atom. The van der Waals surface area contributed by atoms with Crippen LogP contribution in [0.1, 0.15) is 13.8 Å². The summed E-state index contributed by atoms with van der Waals surface area (Å²) >= 11 is 1.44. The number of nitrogens with zero attached hydrogens (tertiary/aromatic N) is 2. The first-order chi connectivity index (χ1) is 7.72. The maximum atomic E-state index is 11.4. The van der Waals surface area contributed by atoms with Crippen LogP contribution in [-0.4, -0.2) is 17.5 Å². The predicted molar refractivity (Wildman–Crippen MR) is 64.4 cm³/mol. The Hall–Kier alpha value is -1.46. The zero-order valence-corrected chi connectivity index (χ0v) is 9.95. The number of rotatable bonds is 3. The van der Waals surface area contributed by atoms with Gasteiger partial charge in [0.15, 0.2) is 0 Å². The maximum Gasteiger partial charge on any atom is 0.249 e. The van der Waals surface area contributed by atoms with E-state index in [-0.39, 0.29) is 5.91 Å². The number of carbonyl (C=O) groups excluding carboxylic acids is 1. The number of benzene rings is 1. The van der Waals surface area contributed by atoms with E-state index in [1.54, 1.807) is 0 Å². The number of anilines is 1. The van der Waals surface area contributed by atoms with E-state index in [1.165, 1.54) is 23.3 Å². The second kappa shape index (κ2) is 4.59. The van der Waals surface area contributed by atoms with E-state index in [1.807, 2.05) is 31.2 Å². The van der Waals surface area contributed by atoms with Gasteiger partial charge in [-0.3, -0.25) is 9.63 Å². The van der Waals surface area contributed by atoms with Gasteiger partial charge in [0.1, 0.15) is 0 Å². The monoisotopic (exact) mass is 236 g/mol. The van der Waals surface area contributed by atoms with Crippen molar-refractivity contribution >= 4 is 32.6 Å². The largest absolute Gasteiger partial charge is 0.272 e. The van der Waals surface area contributed by atoms with Gasteiger partial charge in [-0.05, 0) is 19.1 Å². The van der Waals surface area contributed by atoms with E-state index in [0.717, 1.165) is 10.2 Å². The molecule has 2 aromatic rings. The molecular weight excluding hydrogens is 224 g/mol. The lowest BCUT2D eigenvalue weighted by Gasteiger charge is -2.15. The number of hydrogen-bond acceptors (Lipinski definition) is 4. The number of fused-ring (bicyclic) bond motifs is 1. The van der Waals surface area contributed by atoms with Gasteiger partial charge in [-0.2, -0.15) is 5.06 Å². The summed E-state index contributed by atoms with van der Waals surface area (Å²) in [5, 5.41) is 1.82. The summed E-state index contributed by atoms with van der Waals surface area (Å²) in [6, 6.07) is 7.76. The summed E-state index contributed by atoms with van der Waals surface area (Å²) in [5.74, 6) is -0.166. The first-order valence-corrected chi connectivity index (χ1v) is 5.83. The number of hydroxylamine groups is 1. The third kappa shape index (κ3) is 2.05. The van der Waals surface area contributed by atoms with E-state index in [9.17, 15) is 4.79 Å². The summed E-state index contributed by atoms with van der Waals surface area (Å²) in [6.07, 6.45) is 0. The minimum absolute atomic E-state index is 0.166. The Labute approximate surface area is 97.4 Å². The molecule has 0 atom stereocenters. The highest BCUT2D eigenvalue weighted by molar-refractivity contribution is 7.22. The molecule has 0 radical (unpaired) electrons. The van der Waals surface area contributed by atoms with E-state index < -0.39 is 0 Å². The van der Waals surface area contributed by atoms with Crippen molar-refractivity contribution in [2.75, 3.05) is 11.7 Å². The lowest BCUT2D eigenvalue weighted by molar-refractivity contribution is -0.123. The minimum atomic E-state index is -0.166. The van der Waals surface area contributed by atoms with Crippen molar-refractivity contribution in [3.05, 3.63) is 24.3 Å². The van der Waals surface area contributed by atoms with Crippen LogP contribution in [0.15, 0.2) is 24.3 Å². The fraction of sp³-hybridized carbons (Fsp3) is 0.273. The van der Waals surface area contributed by atoms with Gasteiger partial charge in [0.2, 0.25) is 11.0 Å². The molecule has 1 amide bonds. The summed E-state index contributed by atoms with van der Waals surface area (Å²) < 4.78 is 1.04. The van der Waals surface area contributed by atoms with Gasteiger partial charge in [0, 0.05) is 6.92 Å². The van der Waals surface area contributed by atoms with Crippen LogP contribution in [0.25, 0.3) is 10.2 Å². The third-order valence-electron chi connectivity index (χ3n) is 2.00. The van der Waals surface area contributed by atoms with Crippen molar-refractivity contribution in [1.29, 1.82) is 0 Å². The number of carbonyl (C=O) groups is 1. The molecule has 2 rings (SSSR count). The van der Waals surface area contributed by atoms with Gasteiger partial charge in [-0.25, -0.2) is 4.98 Å². The fourth-order valence-electron chi connectivity index (χ4n) is 1.36. The van der Waals surface area contributed by atoms with Gasteiger partial charge in [0.25, 0.3) is 0 Å². The van der Waals surface area contributed by atoms with Crippen molar-refractivity contribution in [3.8, 4) is 0 Å². The molecule has 0 aliphatic carbocycles. The highest BCUT2D eigenvalue weighted by Crippen LogP contribution is 2.28. The van der Waals surface area contributed by atoms with Gasteiger partial charge in [-0.15, -0.1) is 0 Å². The molecule has 0 bridgehead atoms. The maximum absolute atomic E-state index is 11.4. The van der Waals surface area contributed by atoms with Crippen LogP contribution in [0.5, 0.6) is 0 Å². The van der Waals surface area contributed by atoms with Crippen LogP contribution in [0.4, 0.5) is 5.13 Å². The molecule has 0 aliphatic rings. The molecule has 16 heavy (non-hydrogen) atoms. The number of hydrogen-bond donors (Lipinski definition) is 0. The molecular formula is C11H12N2O2S. The predicted octanol–water partition coefficient (Wildman–Crippen LogP) is 2.60. The smallest absolute Gasteiger partial charge is 0.249 e. The number of aromatic nitrogens is 1. The van der Waals surface area contributed by atoms with Gasteiger partial charge >= 0.3 is 0 Å². The van der Waals surface area contributed by atoms with E-state index in [4.69, 9.17) is 4.84 Å². The number of para-hydroxylation sites is 1. The zero-order chi connectivity index (χ0) is 11.5. The molecule has 1 aromatic heterocycles. The average molecular weight is 236 g/mol. The van der Waals surface area contributed by atoms with Gasteiger partial charge in [-0.1, -0.05) is 23.5 Å². The standard InChI is InChI=1S/C11H12N2O2S/c1-3-15-13(8(2)14)11-12-9-6-4-5-7-10(9)16-11/h4-7H,3H2,1-2H3. The first-order valence-electron chi connectivity index (χ1n) is 5.01. The van der Waals surface area contributed by atoms with Crippen LogP contribution in [0.3, 0.4) is 0 Å². The Bertz CT molecular complexity index is 476. The normalized spacial score (nSPS) is 10.6. The third-order valence-corrected chi connectivity index (χ3v) is 3.01. The van der Waals surface area contributed by atoms with Gasteiger partial charge < -0.3 is 0 Å². The summed E-state index contributed by atoms with van der Waals surface area (Å²) in [7, 11) is 0. The van der Waals surface area contributed by atoms with Crippen molar-refractivity contribution in [2.24, 2.45) is 0 Å². The molecule has 84 valence electrons. The topological polar surface area (TPSA) is 42.4 Å². The summed E-state index contributed by atoms with van der Waals surface area (Å²) in [5.41, 5.74) is 0.883. The second-order valence-electron chi connectivity index (χ2n) is 3.20. The minimum Gasteiger partial charge on any atom is -0.272 e. The SMILES string of the molecule is CCON(C(C)=O)c1nc2ccccc2s1. The molecule has 0 spiro atoms. The van der Waals surface area contributed by atoms with Crippen LogP contribution in [-0.2, 0) is 9.63 Å². The summed E-state index contributed by atoms with van der Waals surface area (Å²) in [6.45, 7) is 3.74. The van der Waals surface area contributed by atoms with Crippen molar-refractivity contribution in [3.63, 3.8) is 0 Å². The molecule has 0 fully saturated rings. The van der Waals surface area contributed by atoms with Crippen molar-refractivity contribution in [2.45, 2.75) is 13.8 Å². The molecule has 5 heteroatoms. The average Bonchev–Trinajstić information content (AvgIpc) is 2.68. The van der Waals surface area contributed by atoms with Crippen LogP contribution < -0.4 is 5.06 Å². The first kappa shape index (κ1) is 11.0. The van der Waals surface area contributed by atoms with Crippen LogP contribution in [0, 0.1) is 0 Å². The molecule has 0 N–H and O–H groups in total. The Morgan fingerprint density at radius 3 is 2.88 bits per heavy atom. The second-order valence-corrected chi connectivity index (χ2v) is 4.20. The quantitative estimate of drug-likeness (QED) is 0.769. The van der Waals surface area contributed by atoms with Crippen LogP contribution in [0.2, 0.25) is 0 Å². The summed E-state index contributed by atoms with van der Waals surface area (Å²) in [4.78, 5) is 21.0. The Morgan fingerprint density at radius 2 is 2.25 bits per heavy atom. The van der Waals surface area contributed by atoms with Gasteiger partial charge in [0.05, 0.1) is 16.8 Å². The molecule has 1 aromatic carbocycles. The van der Waals surface area contributed by atoms with Crippen molar-refractivity contribution in [1.82, 2.24) is 4.98 Å². The highest BCUT2D eigenvalue weighted by Gasteiger charge is 2.16. The lowest BCUT2D eigenvalue weighted by Crippen LogP contribution is -2.28. The number of thiazole rings is 1. The Balaban J connectivity index is 2.40. The Kier molecular flexibility index (Phi) is 3.17. The molecule has 0 saturated heterocycles. The molecule has 0 saturated carbocycles. The molecule has 4 nitrogen and oxygen atoms in total. The van der Waals surface area contributed by atoms with E-state index >= 15 is 0 Å². The van der Waals surface area contributed by atoms with E-state index in [0.29, 0.717) is 11.7 Å². The lowest BCUT2D eigenvalue weighted by atomic mass is 10.3. The van der Waals surface area contributed by atoms with Crippen molar-refractivity contribution < 1.29 is 9.63 Å². The fourth-order valence-corrected chi connectivity index (χ4v) is 2.33.